The summed E-state index contributed by atoms with van der Waals surface area (Å²) in [4.78, 5) is 44.0. The number of ether oxygens (including phenoxy) is 1. The van der Waals surface area contributed by atoms with Gasteiger partial charge in [-0.25, -0.2) is 14.4 Å². The lowest BCUT2D eigenvalue weighted by atomic mass is 9.96. The number of hydrogen-bond donors (Lipinski definition) is 2. The van der Waals surface area contributed by atoms with Crippen molar-refractivity contribution in [3.63, 3.8) is 0 Å². The highest BCUT2D eigenvalue weighted by Crippen LogP contribution is 2.33. The van der Waals surface area contributed by atoms with Crippen LogP contribution in [-0.4, -0.2) is 85.2 Å². The van der Waals surface area contributed by atoms with Crippen LogP contribution < -0.4 is 10.6 Å². The molecule has 0 radical (unpaired) electrons. The van der Waals surface area contributed by atoms with Gasteiger partial charge in [-0.05, 0) is 42.7 Å². The first-order valence-electron chi connectivity index (χ1n) is 11.4. The lowest BCUT2D eigenvalue weighted by molar-refractivity contribution is -0.139. The molecular weight excluding hydrogens is 442 g/mol. The summed E-state index contributed by atoms with van der Waals surface area (Å²) in [5.41, 5.74) is 1.92. The van der Waals surface area contributed by atoms with Crippen molar-refractivity contribution in [3.05, 3.63) is 46.3 Å². The lowest BCUT2D eigenvalue weighted by Crippen LogP contribution is -2.51. The number of nitrogens with one attached hydrogen (secondary N) is 2. The molecule has 0 aliphatic carbocycles. The minimum atomic E-state index is -0.572. The summed E-state index contributed by atoms with van der Waals surface area (Å²) < 4.78 is 5.41. The second kappa shape index (κ2) is 11.9. The van der Waals surface area contributed by atoms with Gasteiger partial charge in [0.25, 0.3) is 0 Å². The fourth-order valence-corrected chi connectivity index (χ4v) is 4.83. The van der Waals surface area contributed by atoms with Gasteiger partial charge in [0.1, 0.15) is 0 Å². The topological polar surface area (TPSA) is 94.2 Å². The highest BCUT2D eigenvalue weighted by Gasteiger charge is 2.38. The third-order valence-corrected chi connectivity index (χ3v) is 6.40. The van der Waals surface area contributed by atoms with Crippen molar-refractivity contribution >= 4 is 29.4 Å². The van der Waals surface area contributed by atoms with Gasteiger partial charge in [0, 0.05) is 51.5 Å². The molecule has 1 saturated heterocycles. The van der Waals surface area contributed by atoms with Gasteiger partial charge in [-0.3, -0.25) is 9.80 Å². The van der Waals surface area contributed by atoms with Crippen LogP contribution in [0.15, 0.2) is 40.8 Å². The Labute approximate surface area is 199 Å². The van der Waals surface area contributed by atoms with Gasteiger partial charge in [0.2, 0.25) is 0 Å². The van der Waals surface area contributed by atoms with Crippen LogP contribution in [-0.2, 0) is 9.53 Å². The zero-order valence-corrected chi connectivity index (χ0v) is 20.2. The second-order valence-electron chi connectivity index (χ2n) is 7.87. The van der Waals surface area contributed by atoms with E-state index < -0.39 is 12.0 Å². The van der Waals surface area contributed by atoms with Crippen LogP contribution in [0.4, 0.5) is 9.59 Å². The number of hydrogen-bond acceptors (Lipinski definition) is 6. The maximum absolute atomic E-state index is 13.1. The summed E-state index contributed by atoms with van der Waals surface area (Å²) in [7, 11) is 0. The van der Waals surface area contributed by atoms with Crippen molar-refractivity contribution in [2.75, 3.05) is 52.4 Å². The van der Waals surface area contributed by atoms with Crippen LogP contribution in [0, 0.1) is 0 Å². The Bertz CT molecular complexity index is 885. The molecule has 2 N–H and O–H groups in total. The monoisotopic (exact) mass is 475 g/mol. The molecule has 33 heavy (non-hydrogen) atoms. The predicted molar refractivity (Wildman–Crippen MR) is 128 cm³/mol. The van der Waals surface area contributed by atoms with Gasteiger partial charge in [0.15, 0.2) is 0 Å². The fraction of sp³-hybridized carbons (Fsp3) is 0.522. The van der Waals surface area contributed by atoms with Crippen molar-refractivity contribution in [1.82, 2.24) is 25.3 Å². The summed E-state index contributed by atoms with van der Waals surface area (Å²) in [6.45, 7) is 11.6. The molecule has 0 bridgehead atoms. The normalized spacial score (nSPS) is 19.7. The quantitative estimate of drug-likeness (QED) is 0.445. The van der Waals surface area contributed by atoms with E-state index in [2.05, 4.69) is 22.1 Å². The summed E-state index contributed by atoms with van der Waals surface area (Å²) in [6.07, 6.45) is 2.45. The Balaban J connectivity index is 1.93. The Morgan fingerprint density at radius 2 is 2.12 bits per heavy atom. The number of carbonyl (C=O) groups is 3. The lowest BCUT2D eigenvalue weighted by Gasteiger charge is -2.37. The molecule has 180 valence electrons. The van der Waals surface area contributed by atoms with Crippen LogP contribution in [0.25, 0.3) is 0 Å². The average Bonchev–Trinajstić information content (AvgIpc) is 3.22. The summed E-state index contributed by atoms with van der Waals surface area (Å²) in [5, 5.41) is 9.67. The van der Waals surface area contributed by atoms with Crippen LogP contribution in [0.1, 0.15) is 31.9 Å². The van der Waals surface area contributed by atoms with Crippen LogP contribution in [0.3, 0.4) is 0 Å². The number of amides is 4. The number of nitrogens with zero attached hydrogens (tertiary/aromatic N) is 3. The highest BCUT2D eigenvalue weighted by molar-refractivity contribution is 7.08. The van der Waals surface area contributed by atoms with Crippen molar-refractivity contribution in [1.29, 1.82) is 0 Å². The Morgan fingerprint density at radius 1 is 1.30 bits per heavy atom. The molecule has 1 unspecified atom stereocenters. The molecule has 10 heteroatoms. The Morgan fingerprint density at radius 3 is 2.79 bits per heavy atom. The Kier molecular flexibility index (Phi) is 8.90. The first-order chi connectivity index (χ1) is 16.0. The third-order valence-electron chi connectivity index (χ3n) is 5.70. The van der Waals surface area contributed by atoms with Crippen molar-refractivity contribution in [2.45, 2.75) is 26.3 Å². The van der Waals surface area contributed by atoms with Crippen molar-refractivity contribution in [3.8, 4) is 0 Å². The largest absolute Gasteiger partial charge is 0.463 e. The van der Waals surface area contributed by atoms with E-state index in [0.717, 1.165) is 18.5 Å². The molecule has 1 fully saturated rings. The molecule has 0 aromatic carbocycles. The number of rotatable bonds is 8. The third kappa shape index (κ3) is 5.94. The van der Waals surface area contributed by atoms with E-state index in [0.29, 0.717) is 44.0 Å². The van der Waals surface area contributed by atoms with E-state index in [4.69, 9.17) is 4.74 Å². The van der Waals surface area contributed by atoms with E-state index >= 15 is 0 Å². The number of carbonyl (C=O) groups excluding carboxylic acids is 3. The standard InChI is InChI=1S/C23H33N5O4S/c1-4-9-28-18(15-26-10-7-11-27(13-12-26)22(30)24-5-2)19(21(29)32-6-3)20(25-23(28)31)17-8-14-33-16-17/h4,8,14,16,20H,1,5-7,9-13,15H2,2-3H3,(H,24,30)(H,25,31). The van der Waals surface area contributed by atoms with Gasteiger partial charge >= 0.3 is 18.0 Å². The molecular formula is C23H33N5O4S. The molecule has 0 spiro atoms. The summed E-state index contributed by atoms with van der Waals surface area (Å²) in [6, 6.07) is 1.01. The smallest absolute Gasteiger partial charge is 0.338 e. The molecule has 2 aliphatic rings. The maximum Gasteiger partial charge on any atom is 0.338 e. The molecule has 1 aromatic rings. The molecule has 9 nitrogen and oxygen atoms in total. The van der Waals surface area contributed by atoms with E-state index in [9.17, 15) is 14.4 Å². The first kappa shape index (κ1) is 24.8. The Hall–Kier alpha value is -2.85. The van der Waals surface area contributed by atoms with Crippen LogP contribution >= 0.6 is 11.3 Å². The van der Waals surface area contributed by atoms with E-state index in [-0.39, 0.29) is 25.2 Å². The van der Waals surface area contributed by atoms with E-state index in [1.165, 1.54) is 11.3 Å². The van der Waals surface area contributed by atoms with E-state index in [1.54, 1.807) is 17.9 Å². The zero-order chi connectivity index (χ0) is 23.8. The molecule has 0 saturated carbocycles. The van der Waals surface area contributed by atoms with Crippen molar-refractivity contribution in [2.24, 2.45) is 0 Å². The van der Waals surface area contributed by atoms with Gasteiger partial charge < -0.3 is 20.3 Å². The van der Waals surface area contributed by atoms with Gasteiger partial charge in [-0.15, -0.1) is 6.58 Å². The molecule has 2 aliphatic heterocycles. The highest BCUT2D eigenvalue weighted by atomic mass is 32.1. The average molecular weight is 476 g/mol. The van der Waals surface area contributed by atoms with Gasteiger partial charge in [-0.2, -0.15) is 11.3 Å². The number of urea groups is 2. The van der Waals surface area contributed by atoms with Crippen LogP contribution in [0.5, 0.6) is 0 Å². The predicted octanol–water partition coefficient (Wildman–Crippen LogP) is 2.55. The molecule has 3 heterocycles. The number of esters is 1. The molecule has 3 rings (SSSR count). The van der Waals surface area contributed by atoms with Crippen molar-refractivity contribution < 1.29 is 19.1 Å². The summed E-state index contributed by atoms with van der Waals surface area (Å²) in [5.74, 6) is -0.434. The number of thiophene rings is 1. The molecule has 1 aromatic heterocycles. The summed E-state index contributed by atoms with van der Waals surface area (Å²) >= 11 is 1.51. The second-order valence-corrected chi connectivity index (χ2v) is 8.65. The minimum absolute atomic E-state index is 0.0615. The van der Waals surface area contributed by atoms with Crippen LogP contribution in [0.2, 0.25) is 0 Å². The first-order valence-corrected chi connectivity index (χ1v) is 12.3. The minimum Gasteiger partial charge on any atom is -0.463 e. The zero-order valence-electron chi connectivity index (χ0n) is 19.3. The van der Waals surface area contributed by atoms with Gasteiger partial charge in [0.05, 0.1) is 18.2 Å². The molecule has 1 atom stereocenters. The molecule has 4 amide bonds. The fourth-order valence-electron chi connectivity index (χ4n) is 4.14. The maximum atomic E-state index is 13.1. The van der Waals surface area contributed by atoms with Gasteiger partial charge in [-0.1, -0.05) is 6.08 Å². The van der Waals surface area contributed by atoms with E-state index in [1.807, 2.05) is 28.7 Å². The SMILES string of the molecule is C=CCN1C(=O)NC(c2ccsc2)C(C(=O)OCC)=C1CN1CCCN(C(=O)NCC)CC1.